The molecular weight excluding hydrogens is 328 g/mol. The zero-order valence-corrected chi connectivity index (χ0v) is 15.2. The first-order valence-electron chi connectivity index (χ1n) is 9.11. The van der Waals surface area contributed by atoms with Crippen molar-refractivity contribution in [3.63, 3.8) is 0 Å². The summed E-state index contributed by atoms with van der Waals surface area (Å²) in [6, 6.07) is 12.6. The average molecular weight is 350 g/mol. The Balaban J connectivity index is 1.49. The van der Waals surface area contributed by atoms with Crippen LogP contribution in [0.15, 0.2) is 30.3 Å². The highest BCUT2D eigenvalue weighted by atomic mass is 32.1. The van der Waals surface area contributed by atoms with Gasteiger partial charge in [-0.05, 0) is 48.6 Å². The minimum atomic E-state index is 0.0384. The lowest BCUT2D eigenvalue weighted by Gasteiger charge is -2.20. The Morgan fingerprint density at radius 1 is 1.36 bits per heavy atom. The van der Waals surface area contributed by atoms with Crippen LogP contribution in [0.25, 0.3) is 0 Å². The number of nitrogens with zero attached hydrogens (tertiary/aromatic N) is 1. The lowest BCUT2D eigenvalue weighted by molar-refractivity contribution is -0.117. The predicted octanol–water partition coefficient (Wildman–Crippen LogP) is 4.88. The van der Waals surface area contributed by atoms with Gasteiger partial charge >= 0.3 is 0 Å². The highest BCUT2D eigenvalue weighted by Crippen LogP contribution is 2.48. The van der Waals surface area contributed by atoms with Crippen molar-refractivity contribution in [3.8, 4) is 6.07 Å². The molecule has 0 radical (unpaired) electrons. The molecule has 0 bridgehead atoms. The summed E-state index contributed by atoms with van der Waals surface area (Å²) in [5, 5.41) is 13.4. The third-order valence-electron chi connectivity index (χ3n) is 5.65. The number of carbonyl (C=O) groups is 1. The zero-order valence-electron chi connectivity index (χ0n) is 14.4. The Hall–Kier alpha value is -2.12. The van der Waals surface area contributed by atoms with Crippen molar-refractivity contribution >= 4 is 22.2 Å². The van der Waals surface area contributed by atoms with E-state index in [9.17, 15) is 10.1 Å². The van der Waals surface area contributed by atoms with Crippen molar-refractivity contribution in [2.24, 2.45) is 11.8 Å². The van der Waals surface area contributed by atoms with E-state index >= 15 is 0 Å². The summed E-state index contributed by atoms with van der Waals surface area (Å²) in [5.74, 6) is 1.14. The molecule has 1 aromatic carbocycles. The second-order valence-electron chi connectivity index (χ2n) is 7.19. The monoisotopic (exact) mass is 350 g/mol. The number of hydrogen-bond donors (Lipinski definition) is 1. The van der Waals surface area contributed by atoms with Gasteiger partial charge in [0.25, 0.3) is 0 Å². The molecule has 1 saturated carbocycles. The van der Waals surface area contributed by atoms with E-state index in [2.05, 4.69) is 30.4 Å². The molecule has 3 nitrogen and oxygen atoms in total. The predicted molar refractivity (Wildman–Crippen MR) is 101 cm³/mol. The average Bonchev–Trinajstić information content (AvgIpc) is 3.38. The third-order valence-corrected chi connectivity index (χ3v) is 6.82. The van der Waals surface area contributed by atoms with E-state index in [1.807, 2.05) is 18.2 Å². The summed E-state index contributed by atoms with van der Waals surface area (Å²) in [6.07, 6.45) is 5.26. The van der Waals surface area contributed by atoms with E-state index in [1.165, 1.54) is 22.4 Å². The van der Waals surface area contributed by atoms with Crippen LogP contribution in [0.3, 0.4) is 0 Å². The molecular formula is C21H22N2OS. The van der Waals surface area contributed by atoms with Gasteiger partial charge in [0.1, 0.15) is 11.1 Å². The standard InChI is InChI=1S/C21H22N2OS/c1-2-13-8-9-15-18(12-22)21(25-19(15)10-13)23-20(24)17-11-16(17)14-6-4-3-5-7-14/h3-7,13,16-17H,2,8-11H2,1H3,(H,23,24)/t13-,16+,17+/m0/s1. The van der Waals surface area contributed by atoms with Crippen LogP contribution in [0, 0.1) is 23.2 Å². The number of fused-ring (bicyclic) bond motifs is 1. The van der Waals surface area contributed by atoms with E-state index in [4.69, 9.17) is 0 Å². The Morgan fingerprint density at radius 3 is 2.88 bits per heavy atom. The molecule has 1 amide bonds. The Bertz CT molecular complexity index is 834. The van der Waals surface area contributed by atoms with Crippen molar-refractivity contribution in [2.45, 2.75) is 44.9 Å². The molecule has 4 heteroatoms. The summed E-state index contributed by atoms with van der Waals surface area (Å²) in [5.41, 5.74) is 3.13. The zero-order chi connectivity index (χ0) is 17.4. The fourth-order valence-electron chi connectivity index (χ4n) is 3.97. The molecule has 2 aliphatic rings. The minimum absolute atomic E-state index is 0.0384. The topological polar surface area (TPSA) is 52.9 Å². The van der Waals surface area contributed by atoms with Crippen LogP contribution in [0.2, 0.25) is 0 Å². The summed E-state index contributed by atoms with van der Waals surface area (Å²) in [4.78, 5) is 14.0. The van der Waals surface area contributed by atoms with Crippen LogP contribution in [-0.4, -0.2) is 5.91 Å². The van der Waals surface area contributed by atoms with Gasteiger partial charge in [-0.2, -0.15) is 5.26 Å². The molecule has 128 valence electrons. The summed E-state index contributed by atoms with van der Waals surface area (Å²) in [6.45, 7) is 2.23. The van der Waals surface area contributed by atoms with Crippen LogP contribution >= 0.6 is 11.3 Å². The van der Waals surface area contributed by atoms with Crippen LogP contribution in [-0.2, 0) is 17.6 Å². The second kappa shape index (κ2) is 6.65. The van der Waals surface area contributed by atoms with Gasteiger partial charge < -0.3 is 5.32 Å². The smallest absolute Gasteiger partial charge is 0.228 e. The van der Waals surface area contributed by atoms with Crippen molar-refractivity contribution in [1.29, 1.82) is 5.26 Å². The van der Waals surface area contributed by atoms with Crippen LogP contribution in [0.5, 0.6) is 0 Å². The number of amides is 1. The van der Waals surface area contributed by atoms with Crippen molar-refractivity contribution in [2.75, 3.05) is 5.32 Å². The maximum atomic E-state index is 12.6. The highest BCUT2D eigenvalue weighted by Gasteiger charge is 2.44. The lowest BCUT2D eigenvalue weighted by atomic mass is 9.86. The van der Waals surface area contributed by atoms with Gasteiger partial charge in [0.2, 0.25) is 5.91 Å². The summed E-state index contributed by atoms with van der Waals surface area (Å²) in [7, 11) is 0. The molecule has 3 atom stereocenters. The molecule has 1 N–H and O–H groups in total. The van der Waals surface area contributed by atoms with Gasteiger partial charge in [-0.25, -0.2) is 0 Å². The number of benzene rings is 1. The van der Waals surface area contributed by atoms with E-state index < -0.39 is 0 Å². The molecule has 0 spiro atoms. The first kappa shape index (κ1) is 16.4. The summed E-state index contributed by atoms with van der Waals surface area (Å²) < 4.78 is 0. The Morgan fingerprint density at radius 2 is 2.16 bits per heavy atom. The number of carbonyl (C=O) groups excluding carboxylic acids is 1. The normalized spacial score (nSPS) is 24.2. The molecule has 1 aromatic heterocycles. The van der Waals surface area contributed by atoms with Gasteiger partial charge in [-0.3, -0.25) is 4.79 Å². The number of rotatable bonds is 4. The van der Waals surface area contributed by atoms with Crippen molar-refractivity contribution in [3.05, 3.63) is 51.9 Å². The quantitative estimate of drug-likeness (QED) is 0.854. The minimum Gasteiger partial charge on any atom is -0.316 e. The molecule has 2 aromatic rings. The van der Waals surface area contributed by atoms with Crippen LogP contribution in [0.1, 0.15) is 53.7 Å². The van der Waals surface area contributed by atoms with Crippen LogP contribution < -0.4 is 5.32 Å². The number of nitriles is 1. The molecule has 1 fully saturated rings. The van der Waals surface area contributed by atoms with E-state index in [-0.39, 0.29) is 11.8 Å². The van der Waals surface area contributed by atoms with Crippen LogP contribution in [0.4, 0.5) is 5.00 Å². The third kappa shape index (κ3) is 3.09. The van der Waals surface area contributed by atoms with E-state index in [0.29, 0.717) is 17.4 Å². The number of hydrogen-bond acceptors (Lipinski definition) is 3. The Labute approximate surface area is 152 Å². The molecule has 1 heterocycles. The highest BCUT2D eigenvalue weighted by molar-refractivity contribution is 7.16. The fourth-order valence-corrected chi connectivity index (χ4v) is 5.28. The second-order valence-corrected chi connectivity index (χ2v) is 8.29. The van der Waals surface area contributed by atoms with Gasteiger partial charge in [0.05, 0.1) is 5.56 Å². The largest absolute Gasteiger partial charge is 0.316 e. The van der Waals surface area contributed by atoms with E-state index in [1.54, 1.807) is 11.3 Å². The van der Waals surface area contributed by atoms with E-state index in [0.717, 1.165) is 30.7 Å². The SMILES string of the molecule is CC[C@H]1CCc2c(sc(NC(=O)[C@@H]3C[C@@H]3c3ccccc3)c2C#N)C1. The first-order chi connectivity index (χ1) is 12.2. The first-order valence-corrected chi connectivity index (χ1v) is 9.93. The fraction of sp³-hybridized carbons (Fsp3) is 0.429. The molecule has 0 aliphatic heterocycles. The van der Waals surface area contributed by atoms with Gasteiger partial charge in [-0.15, -0.1) is 11.3 Å². The lowest BCUT2D eigenvalue weighted by Crippen LogP contribution is -2.14. The number of nitrogens with one attached hydrogen (secondary N) is 1. The molecule has 2 aliphatic carbocycles. The van der Waals surface area contributed by atoms with Crippen molar-refractivity contribution < 1.29 is 4.79 Å². The number of anilines is 1. The maximum Gasteiger partial charge on any atom is 0.228 e. The van der Waals surface area contributed by atoms with Gasteiger partial charge in [0.15, 0.2) is 0 Å². The van der Waals surface area contributed by atoms with Gasteiger partial charge in [-0.1, -0.05) is 43.7 Å². The maximum absolute atomic E-state index is 12.6. The molecule has 0 unspecified atom stereocenters. The Kier molecular flexibility index (Phi) is 4.35. The van der Waals surface area contributed by atoms with Gasteiger partial charge in [0, 0.05) is 10.8 Å². The molecule has 4 rings (SSSR count). The molecule has 25 heavy (non-hydrogen) atoms. The van der Waals surface area contributed by atoms with Crippen molar-refractivity contribution in [1.82, 2.24) is 0 Å². The molecule has 0 saturated heterocycles. The number of thiophene rings is 1. The summed E-state index contributed by atoms with van der Waals surface area (Å²) >= 11 is 1.62.